The molecule has 2 N–H and O–H groups in total. The van der Waals surface area contributed by atoms with Gasteiger partial charge in [0, 0.05) is 28.9 Å². The molecule has 0 aliphatic carbocycles. The largest absolute Gasteiger partial charge is 0.379 e. The Hall–Kier alpha value is -0.490. The molecular formula is C15H27N3OS. The van der Waals surface area contributed by atoms with Crippen LogP contribution >= 0.6 is 11.3 Å². The Balaban J connectivity index is 2.24. The van der Waals surface area contributed by atoms with Crippen molar-refractivity contribution in [3.05, 3.63) is 15.6 Å². The Kier molecular flexibility index (Phi) is 4.54. The Morgan fingerprint density at radius 3 is 2.25 bits per heavy atom. The number of hydrogen-bond acceptors (Lipinski definition) is 5. The summed E-state index contributed by atoms with van der Waals surface area (Å²) in [4.78, 5) is 8.52. The first kappa shape index (κ1) is 15.9. The highest BCUT2D eigenvalue weighted by Gasteiger charge is 2.30. The third-order valence-corrected chi connectivity index (χ3v) is 4.81. The lowest BCUT2D eigenvalue weighted by atomic mass is 9.87. The van der Waals surface area contributed by atoms with Gasteiger partial charge in [-0.05, 0) is 13.8 Å². The SMILES string of the molecule is CC(C)(C)c1nc(CN2CCOCC2)sc1C(C)(C)N. The molecule has 0 saturated carbocycles. The Labute approximate surface area is 126 Å². The van der Waals surface area contributed by atoms with Gasteiger partial charge in [0.25, 0.3) is 0 Å². The summed E-state index contributed by atoms with van der Waals surface area (Å²) >= 11 is 1.77. The van der Waals surface area contributed by atoms with E-state index in [4.69, 9.17) is 15.5 Å². The number of ether oxygens (including phenoxy) is 1. The summed E-state index contributed by atoms with van der Waals surface area (Å²) in [7, 11) is 0. The summed E-state index contributed by atoms with van der Waals surface area (Å²) in [5.74, 6) is 0. The molecule has 2 rings (SSSR count). The molecule has 1 fully saturated rings. The first-order valence-corrected chi connectivity index (χ1v) is 8.09. The van der Waals surface area contributed by atoms with Crippen molar-refractivity contribution in [3.63, 3.8) is 0 Å². The van der Waals surface area contributed by atoms with Crippen LogP contribution in [0.2, 0.25) is 0 Å². The topological polar surface area (TPSA) is 51.4 Å². The minimum atomic E-state index is -0.330. The smallest absolute Gasteiger partial charge is 0.107 e. The van der Waals surface area contributed by atoms with Crippen LogP contribution in [0, 0.1) is 0 Å². The van der Waals surface area contributed by atoms with Gasteiger partial charge in [0.1, 0.15) is 5.01 Å². The van der Waals surface area contributed by atoms with Crippen LogP contribution in [0.1, 0.15) is 50.2 Å². The molecule has 1 aliphatic heterocycles. The van der Waals surface area contributed by atoms with Crippen LogP contribution in [-0.4, -0.2) is 36.2 Å². The van der Waals surface area contributed by atoms with Crippen molar-refractivity contribution in [2.24, 2.45) is 5.73 Å². The molecule has 1 saturated heterocycles. The maximum Gasteiger partial charge on any atom is 0.107 e. The molecule has 20 heavy (non-hydrogen) atoms. The van der Waals surface area contributed by atoms with Gasteiger partial charge in [-0.2, -0.15) is 0 Å². The normalized spacial score (nSPS) is 18.5. The maximum atomic E-state index is 6.34. The zero-order valence-corrected chi connectivity index (χ0v) is 14.1. The Bertz CT molecular complexity index is 419. The van der Waals surface area contributed by atoms with Crippen molar-refractivity contribution in [2.45, 2.75) is 52.1 Å². The van der Waals surface area contributed by atoms with Crippen molar-refractivity contribution in [2.75, 3.05) is 26.3 Å². The number of nitrogens with zero attached hydrogens (tertiary/aromatic N) is 2. The van der Waals surface area contributed by atoms with E-state index >= 15 is 0 Å². The van der Waals surface area contributed by atoms with Crippen LogP contribution in [0.4, 0.5) is 0 Å². The van der Waals surface area contributed by atoms with Crippen molar-refractivity contribution in [1.29, 1.82) is 0 Å². The van der Waals surface area contributed by atoms with E-state index < -0.39 is 0 Å². The van der Waals surface area contributed by atoms with Gasteiger partial charge in [-0.25, -0.2) is 4.98 Å². The van der Waals surface area contributed by atoms with Crippen LogP contribution in [0.25, 0.3) is 0 Å². The maximum absolute atomic E-state index is 6.34. The first-order valence-electron chi connectivity index (χ1n) is 7.27. The van der Waals surface area contributed by atoms with E-state index in [2.05, 4.69) is 39.5 Å². The number of nitrogens with two attached hydrogens (primary N) is 1. The van der Waals surface area contributed by atoms with Crippen molar-refractivity contribution in [1.82, 2.24) is 9.88 Å². The quantitative estimate of drug-likeness (QED) is 0.931. The van der Waals surface area contributed by atoms with Crippen LogP contribution in [-0.2, 0) is 22.2 Å². The summed E-state index contributed by atoms with van der Waals surface area (Å²) in [6.45, 7) is 15.3. The van der Waals surface area contributed by atoms with E-state index in [1.165, 1.54) is 9.88 Å². The summed E-state index contributed by atoms with van der Waals surface area (Å²) in [6, 6.07) is 0. The van der Waals surface area contributed by atoms with Crippen molar-refractivity contribution in [3.8, 4) is 0 Å². The number of rotatable bonds is 3. The molecular weight excluding hydrogens is 270 g/mol. The number of thiazole rings is 1. The zero-order chi connectivity index (χ0) is 15.0. The summed E-state index contributed by atoms with van der Waals surface area (Å²) in [6.07, 6.45) is 0. The predicted molar refractivity (Wildman–Crippen MR) is 84.1 cm³/mol. The number of hydrogen-bond donors (Lipinski definition) is 1. The molecule has 2 heterocycles. The van der Waals surface area contributed by atoms with Crippen LogP contribution in [0.15, 0.2) is 0 Å². The summed E-state index contributed by atoms with van der Waals surface area (Å²) in [5, 5.41) is 1.17. The van der Waals surface area contributed by atoms with Gasteiger partial charge in [-0.1, -0.05) is 20.8 Å². The Morgan fingerprint density at radius 1 is 1.20 bits per heavy atom. The second-order valence-corrected chi connectivity index (χ2v) is 8.23. The lowest BCUT2D eigenvalue weighted by Gasteiger charge is -2.25. The first-order chi connectivity index (χ1) is 9.18. The number of aromatic nitrogens is 1. The fraction of sp³-hybridized carbons (Fsp3) is 0.800. The molecule has 114 valence electrons. The molecule has 0 amide bonds. The molecule has 4 nitrogen and oxygen atoms in total. The van der Waals surface area contributed by atoms with Gasteiger partial charge in [0.15, 0.2) is 0 Å². The molecule has 0 spiro atoms. The molecule has 0 atom stereocenters. The van der Waals surface area contributed by atoms with Gasteiger partial charge in [0.2, 0.25) is 0 Å². The molecule has 0 aromatic carbocycles. The molecule has 0 radical (unpaired) electrons. The highest BCUT2D eigenvalue weighted by molar-refractivity contribution is 7.11. The summed E-state index contributed by atoms with van der Waals surface area (Å²) in [5.41, 5.74) is 7.19. The fourth-order valence-electron chi connectivity index (χ4n) is 2.33. The van der Waals surface area contributed by atoms with Crippen LogP contribution in [0.5, 0.6) is 0 Å². The van der Waals surface area contributed by atoms with Crippen LogP contribution < -0.4 is 5.73 Å². The van der Waals surface area contributed by atoms with Gasteiger partial charge in [0.05, 0.1) is 25.5 Å². The van der Waals surface area contributed by atoms with Gasteiger partial charge in [-0.15, -0.1) is 11.3 Å². The number of morpholine rings is 1. The molecule has 1 aromatic rings. The average Bonchev–Trinajstić information content (AvgIpc) is 2.74. The van der Waals surface area contributed by atoms with Crippen molar-refractivity contribution >= 4 is 11.3 Å². The van der Waals surface area contributed by atoms with E-state index in [1.807, 2.05) is 0 Å². The van der Waals surface area contributed by atoms with E-state index in [-0.39, 0.29) is 11.0 Å². The lowest BCUT2D eigenvalue weighted by molar-refractivity contribution is 0.0341. The van der Waals surface area contributed by atoms with E-state index in [0.717, 1.165) is 38.5 Å². The standard InChI is InChI=1S/C15H27N3OS/c1-14(2,3)12-13(15(4,5)16)20-11(17-12)10-18-6-8-19-9-7-18/h6-10,16H2,1-5H3. The van der Waals surface area contributed by atoms with Gasteiger partial charge >= 0.3 is 0 Å². The Morgan fingerprint density at radius 2 is 1.80 bits per heavy atom. The predicted octanol–water partition coefficient (Wildman–Crippen LogP) is 2.47. The van der Waals surface area contributed by atoms with E-state index in [1.54, 1.807) is 11.3 Å². The van der Waals surface area contributed by atoms with Crippen molar-refractivity contribution < 1.29 is 4.74 Å². The van der Waals surface area contributed by atoms with Gasteiger partial charge in [-0.3, -0.25) is 4.90 Å². The third-order valence-electron chi connectivity index (χ3n) is 3.43. The lowest BCUT2D eigenvalue weighted by Crippen LogP contribution is -2.35. The van der Waals surface area contributed by atoms with Crippen LogP contribution in [0.3, 0.4) is 0 Å². The fourth-order valence-corrected chi connectivity index (χ4v) is 3.66. The molecule has 0 unspecified atom stereocenters. The highest BCUT2D eigenvalue weighted by Crippen LogP contribution is 2.35. The van der Waals surface area contributed by atoms with E-state index in [0.29, 0.717) is 0 Å². The van der Waals surface area contributed by atoms with E-state index in [9.17, 15) is 0 Å². The minimum Gasteiger partial charge on any atom is -0.379 e. The summed E-state index contributed by atoms with van der Waals surface area (Å²) < 4.78 is 5.40. The monoisotopic (exact) mass is 297 g/mol. The zero-order valence-electron chi connectivity index (χ0n) is 13.3. The molecule has 0 bridgehead atoms. The molecule has 1 aromatic heterocycles. The highest BCUT2D eigenvalue weighted by atomic mass is 32.1. The second kappa shape index (κ2) is 5.72. The molecule has 1 aliphatic rings. The average molecular weight is 297 g/mol. The van der Waals surface area contributed by atoms with Gasteiger partial charge < -0.3 is 10.5 Å². The second-order valence-electron chi connectivity index (χ2n) is 7.15. The minimum absolute atomic E-state index is 0.0335. The third kappa shape index (κ3) is 3.79. The molecule has 5 heteroatoms.